The van der Waals surface area contributed by atoms with Gasteiger partial charge in [-0.25, -0.2) is 12.8 Å². The third-order valence-corrected chi connectivity index (χ3v) is 5.87. The summed E-state index contributed by atoms with van der Waals surface area (Å²) >= 11 is 0. The summed E-state index contributed by atoms with van der Waals surface area (Å²) in [5.41, 5.74) is 1.71. The first-order valence-corrected chi connectivity index (χ1v) is 10.1. The number of sulfonamides is 1. The molecule has 0 aromatic heterocycles. The van der Waals surface area contributed by atoms with E-state index in [9.17, 15) is 12.8 Å². The van der Waals surface area contributed by atoms with E-state index in [0.29, 0.717) is 5.69 Å². The van der Waals surface area contributed by atoms with Crippen LogP contribution in [0.4, 0.5) is 10.1 Å². The number of hydrogen-bond donors (Lipinski definition) is 1. The molecule has 3 rings (SSSR count). The fraction of sp³-hybridized carbons (Fsp3) is 0.368. The number of rotatable bonds is 7. The lowest BCUT2D eigenvalue weighted by Crippen LogP contribution is -2.20. The Hall–Kier alpha value is -1.92. The molecule has 1 fully saturated rings. The molecular formula is C19H23FN2O2S. The largest absolute Gasteiger partial charge is 0.303 e. The molecule has 1 aliphatic heterocycles. The van der Waals surface area contributed by atoms with E-state index >= 15 is 0 Å². The van der Waals surface area contributed by atoms with Gasteiger partial charge in [-0.1, -0.05) is 12.1 Å². The quantitative estimate of drug-likeness (QED) is 0.818. The lowest BCUT2D eigenvalue weighted by Gasteiger charge is -2.14. The highest BCUT2D eigenvalue weighted by atomic mass is 32.2. The highest BCUT2D eigenvalue weighted by molar-refractivity contribution is 7.92. The maximum absolute atomic E-state index is 12.9. The van der Waals surface area contributed by atoms with Gasteiger partial charge in [-0.2, -0.15) is 0 Å². The third-order valence-electron chi connectivity index (χ3n) is 4.47. The fourth-order valence-corrected chi connectivity index (χ4v) is 4.14. The van der Waals surface area contributed by atoms with E-state index in [1.807, 2.05) is 12.1 Å². The van der Waals surface area contributed by atoms with Crippen molar-refractivity contribution in [1.29, 1.82) is 0 Å². The van der Waals surface area contributed by atoms with Gasteiger partial charge in [-0.3, -0.25) is 4.72 Å². The first kappa shape index (κ1) is 17.9. The number of likely N-dealkylation sites (tertiary alicyclic amines) is 1. The molecule has 1 heterocycles. The fourth-order valence-electron chi connectivity index (χ4n) is 3.08. The summed E-state index contributed by atoms with van der Waals surface area (Å²) in [6.07, 6.45) is 4.72. The summed E-state index contributed by atoms with van der Waals surface area (Å²) in [5, 5.41) is 0. The van der Waals surface area contributed by atoms with Crippen molar-refractivity contribution in [3.05, 3.63) is 59.9 Å². The van der Waals surface area contributed by atoms with Crippen molar-refractivity contribution in [2.45, 2.75) is 30.6 Å². The van der Waals surface area contributed by atoms with Crippen LogP contribution in [0.5, 0.6) is 0 Å². The summed E-state index contributed by atoms with van der Waals surface area (Å²) in [7, 11) is -3.69. The van der Waals surface area contributed by atoms with Crippen molar-refractivity contribution in [1.82, 2.24) is 4.90 Å². The standard InChI is InChI=1S/C19H23FN2O2S/c20-17-7-11-19(12-8-17)25(23,24)21-18-9-5-16(6-10-18)4-3-15-22-13-1-2-14-22/h5-12,21H,1-4,13-15H2. The Morgan fingerprint density at radius 1 is 0.960 bits per heavy atom. The van der Waals surface area contributed by atoms with Gasteiger partial charge >= 0.3 is 0 Å². The second kappa shape index (κ2) is 7.97. The van der Waals surface area contributed by atoms with Crippen LogP contribution in [0.1, 0.15) is 24.8 Å². The third kappa shape index (κ3) is 5.03. The van der Waals surface area contributed by atoms with Gasteiger partial charge in [0.25, 0.3) is 10.0 Å². The van der Waals surface area contributed by atoms with Gasteiger partial charge in [0.05, 0.1) is 4.90 Å². The van der Waals surface area contributed by atoms with Crippen LogP contribution in [0.3, 0.4) is 0 Å². The zero-order chi connectivity index (χ0) is 17.7. The van der Waals surface area contributed by atoms with Crippen molar-refractivity contribution in [3.8, 4) is 0 Å². The van der Waals surface area contributed by atoms with Crippen LogP contribution >= 0.6 is 0 Å². The summed E-state index contributed by atoms with van der Waals surface area (Å²) in [5.74, 6) is -0.461. The van der Waals surface area contributed by atoms with Crippen LogP contribution in [-0.4, -0.2) is 33.0 Å². The van der Waals surface area contributed by atoms with E-state index in [1.165, 1.54) is 43.6 Å². The molecule has 25 heavy (non-hydrogen) atoms. The molecule has 0 amide bonds. The van der Waals surface area contributed by atoms with E-state index in [-0.39, 0.29) is 4.90 Å². The summed E-state index contributed by atoms with van der Waals surface area (Å²) in [4.78, 5) is 2.54. The SMILES string of the molecule is O=S(=O)(Nc1ccc(CCCN2CCCC2)cc1)c1ccc(F)cc1. The predicted octanol–water partition coefficient (Wildman–Crippen LogP) is 3.65. The molecule has 1 N–H and O–H groups in total. The van der Waals surface area contributed by atoms with Gasteiger partial charge in [-0.15, -0.1) is 0 Å². The van der Waals surface area contributed by atoms with Gasteiger partial charge in [0.1, 0.15) is 5.82 Å². The number of hydrogen-bond acceptors (Lipinski definition) is 3. The minimum atomic E-state index is -3.69. The molecule has 1 saturated heterocycles. The topological polar surface area (TPSA) is 49.4 Å². The minimum absolute atomic E-state index is 0.0450. The Labute approximate surface area is 148 Å². The Kier molecular flexibility index (Phi) is 5.71. The van der Waals surface area contributed by atoms with E-state index < -0.39 is 15.8 Å². The molecule has 0 unspecified atom stereocenters. The highest BCUT2D eigenvalue weighted by Crippen LogP contribution is 2.18. The molecule has 4 nitrogen and oxygen atoms in total. The second-order valence-electron chi connectivity index (χ2n) is 6.41. The van der Waals surface area contributed by atoms with E-state index in [4.69, 9.17) is 0 Å². The van der Waals surface area contributed by atoms with Crippen molar-refractivity contribution in [2.75, 3.05) is 24.4 Å². The number of nitrogens with one attached hydrogen (secondary N) is 1. The lowest BCUT2D eigenvalue weighted by atomic mass is 10.1. The summed E-state index contributed by atoms with van der Waals surface area (Å²) < 4.78 is 40.0. The van der Waals surface area contributed by atoms with Gasteiger partial charge in [0.15, 0.2) is 0 Å². The predicted molar refractivity (Wildman–Crippen MR) is 97.6 cm³/mol. The molecule has 0 spiro atoms. The van der Waals surface area contributed by atoms with Crippen molar-refractivity contribution < 1.29 is 12.8 Å². The molecule has 0 atom stereocenters. The van der Waals surface area contributed by atoms with Crippen LogP contribution in [0, 0.1) is 5.82 Å². The molecule has 2 aromatic rings. The van der Waals surface area contributed by atoms with Crippen molar-refractivity contribution in [2.24, 2.45) is 0 Å². The first-order chi connectivity index (χ1) is 12.0. The minimum Gasteiger partial charge on any atom is -0.303 e. The number of halogens is 1. The Morgan fingerprint density at radius 3 is 2.24 bits per heavy atom. The zero-order valence-electron chi connectivity index (χ0n) is 14.1. The molecule has 1 aliphatic rings. The smallest absolute Gasteiger partial charge is 0.261 e. The van der Waals surface area contributed by atoms with Crippen LogP contribution in [0.15, 0.2) is 53.4 Å². The Bertz CT molecular complexity index is 783. The molecular weight excluding hydrogens is 339 g/mol. The van der Waals surface area contributed by atoms with Crippen LogP contribution in [-0.2, 0) is 16.4 Å². The maximum atomic E-state index is 12.9. The van der Waals surface area contributed by atoms with E-state index in [2.05, 4.69) is 9.62 Å². The molecule has 0 saturated carbocycles. The number of aryl methyl sites for hydroxylation is 1. The van der Waals surface area contributed by atoms with Crippen LogP contribution in [0.2, 0.25) is 0 Å². The number of nitrogens with zero attached hydrogens (tertiary/aromatic N) is 1. The summed E-state index contributed by atoms with van der Waals surface area (Å²) in [6.45, 7) is 3.55. The lowest BCUT2D eigenvalue weighted by molar-refractivity contribution is 0.334. The average molecular weight is 362 g/mol. The zero-order valence-corrected chi connectivity index (χ0v) is 14.9. The van der Waals surface area contributed by atoms with E-state index in [0.717, 1.165) is 31.5 Å². The maximum Gasteiger partial charge on any atom is 0.261 e. The van der Waals surface area contributed by atoms with Gasteiger partial charge in [-0.05, 0) is 87.3 Å². The number of benzene rings is 2. The van der Waals surface area contributed by atoms with Crippen molar-refractivity contribution >= 4 is 15.7 Å². The molecule has 2 aromatic carbocycles. The monoisotopic (exact) mass is 362 g/mol. The average Bonchev–Trinajstić information content (AvgIpc) is 3.10. The van der Waals surface area contributed by atoms with Gasteiger partial charge < -0.3 is 4.90 Å². The second-order valence-corrected chi connectivity index (χ2v) is 8.09. The van der Waals surface area contributed by atoms with Crippen molar-refractivity contribution in [3.63, 3.8) is 0 Å². The molecule has 6 heteroatoms. The van der Waals surface area contributed by atoms with Crippen LogP contribution in [0.25, 0.3) is 0 Å². The Morgan fingerprint density at radius 2 is 1.60 bits per heavy atom. The summed E-state index contributed by atoms with van der Waals surface area (Å²) in [6, 6.07) is 12.2. The molecule has 0 bridgehead atoms. The van der Waals surface area contributed by atoms with Gasteiger partial charge in [0, 0.05) is 5.69 Å². The first-order valence-electron chi connectivity index (χ1n) is 8.63. The van der Waals surface area contributed by atoms with Crippen LogP contribution < -0.4 is 4.72 Å². The van der Waals surface area contributed by atoms with E-state index in [1.54, 1.807) is 12.1 Å². The molecule has 0 radical (unpaired) electrons. The van der Waals surface area contributed by atoms with Gasteiger partial charge in [0.2, 0.25) is 0 Å². The number of anilines is 1. The molecule has 0 aliphatic carbocycles. The molecule has 134 valence electrons. The highest BCUT2D eigenvalue weighted by Gasteiger charge is 2.14. The Balaban J connectivity index is 1.55. The normalized spacial score (nSPS) is 15.4.